The van der Waals surface area contributed by atoms with Crippen LogP contribution in [0.2, 0.25) is 0 Å². The molecule has 1 aromatic carbocycles. The highest BCUT2D eigenvalue weighted by molar-refractivity contribution is 9.10. The van der Waals surface area contributed by atoms with Gasteiger partial charge in [-0.25, -0.2) is 4.68 Å². The Kier molecular flexibility index (Phi) is 2.75. The number of aromatic nitrogens is 3. The van der Waals surface area contributed by atoms with Gasteiger partial charge in [0, 0.05) is 6.92 Å². The second-order valence-corrected chi connectivity index (χ2v) is 4.12. The van der Waals surface area contributed by atoms with E-state index in [1.807, 2.05) is 0 Å². The molecule has 2 aromatic rings. The van der Waals surface area contributed by atoms with E-state index < -0.39 is 5.92 Å². The van der Waals surface area contributed by atoms with Gasteiger partial charge in [0.25, 0.3) is 5.92 Å². The molecular formula is C10H8BrF2N3. The Balaban J connectivity index is 2.60. The molecule has 0 spiro atoms. The van der Waals surface area contributed by atoms with Crippen LogP contribution in [-0.2, 0) is 5.92 Å². The van der Waals surface area contributed by atoms with E-state index in [-0.39, 0.29) is 10.3 Å². The quantitative estimate of drug-likeness (QED) is 0.850. The molecule has 0 amide bonds. The Morgan fingerprint density at radius 1 is 1.25 bits per heavy atom. The third-order valence-electron chi connectivity index (χ3n) is 2.05. The SMILES string of the molecule is CC(F)(F)c1c(Br)nnn1-c1ccccc1. The van der Waals surface area contributed by atoms with Crippen LogP contribution in [0.5, 0.6) is 0 Å². The third-order valence-corrected chi connectivity index (χ3v) is 2.58. The number of benzene rings is 1. The summed E-state index contributed by atoms with van der Waals surface area (Å²) in [5.41, 5.74) is 0.302. The highest BCUT2D eigenvalue weighted by Crippen LogP contribution is 2.32. The Labute approximate surface area is 99.2 Å². The lowest BCUT2D eigenvalue weighted by Crippen LogP contribution is -2.15. The summed E-state index contributed by atoms with van der Waals surface area (Å²) in [5.74, 6) is -3.00. The molecule has 1 aromatic heterocycles. The van der Waals surface area contributed by atoms with Gasteiger partial charge in [0.2, 0.25) is 0 Å². The molecule has 0 radical (unpaired) electrons. The van der Waals surface area contributed by atoms with Gasteiger partial charge in [-0.05, 0) is 28.1 Å². The molecule has 0 atom stereocenters. The van der Waals surface area contributed by atoms with Crippen LogP contribution in [0.3, 0.4) is 0 Å². The van der Waals surface area contributed by atoms with E-state index >= 15 is 0 Å². The van der Waals surface area contributed by atoms with Gasteiger partial charge in [-0.1, -0.05) is 23.4 Å². The lowest BCUT2D eigenvalue weighted by molar-refractivity contribution is 0.00944. The van der Waals surface area contributed by atoms with Crippen LogP contribution in [0.15, 0.2) is 34.9 Å². The molecule has 0 saturated heterocycles. The Morgan fingerprint density at radius 2 is 1.88 bits per heavy atom. The second kappa shape index (κ2) is 3.93. The number of halogens is 3. The number of hydrogen-bond donors (Lipinski definition) is 0. The summed E-state index contributed by atoms with van der Waals surface area (Å²) < 4.78 is 27.9. The molecule has 0 fully saturated rings. The fourth-order valence-electron chi connectivity index (χ4n) is 1.38. The van der Waals surface area contributed by atoms with Crippen molar-refractivity contribution in [2.45, 2.75) is 12.8 Å². The van der Waals surface area contributed by atoms with Gasteiger partial charge in [-0.15, -0.1) is 5.10 Å². The molecular weight excluding hydrogens is 280 g/mol. The summed E-state index contributed by atoms with van der Waals surface area (Å²) in [6.45, 7) is 0.815. The first-order valence-corrected chi connectivity index (χ1v) is 5.34. The van der Waals surface area contributed by atoms with Crippen molar-refractivity contribution in [3.8, 4) is 5.69 Å². The van der Waals surface area contributed by atoms with Gasteiger partial charge < -0.3 is 0 Å². The van der Waals surface area contributed by atoms with E-state index in [9.17, 15) is 8.78 Å². The van der Waals surface area contributed by atoms with Crippen LogP contribution in [0.25, 0.3) is 5.69 Å². The third kappa shape index (κ3) is 1.97. The molecule has 0 N–H and O–H groups in total. The van der Waals surface area contributed by atoms with Crippen molar-refractivity contribution in [3.63, 3.8) is 0 Å². The topological polar surface area (TPSA) is 30.7 Å². The maximum atomic E-state index is 13.4. The molecule has 2 rings (SSSR count). The van der Waals surface area contributed by atoms with Crippen molar-refractivity contribution >= 4 is 15.9 Å². The molecule has 0 saturated carbocycles. The summed E-state index contributed by atoms with van der Waals surface area (Å²) in [7, 11) is 0. The molecule has 0 bridgehead atoms. The summed E-state index contributed by atoms with van der Waals surface area (Å²) in [5, 5.41) is 7.30. The zero-order chi connectivity index (χ0) is 11.8. The molecule has 3 nitrogen and oxygen atoms in total. The van der Waals surface area contributed by atoms with Crippen LogP contribution < -0.4 is 0 Å². The first-order valence-electron chi connectivity index (χ1n) is 4.55. The molecule has 0 aliphatic carbocycles. The Hall–Kier alpha value is -1.30. The van der Waals surface area contributed by atoms with E-state index in [1.54, 1.807) is 30.3 Å². The van der Waals surface area contributed by atoms with Crippen LogP contribution in [0.1, 0.15) is 12.6 Å². The van der Waals surface area contributed by atoms with Crippen LogP contribution in [-0.4, -0.2) is 15.0 Å². The maximum Gasteiger partial charge on any atom is 0.289 e. The number of hydrogen-bond acceptors (Lipinski definition) is 2. The van der Waals surface area contributed by atoms with Crippen molar-refractivity contribution in [1.29, 1.82) is 0 Å². The zero-order valence-electron chi connectivity index (χ0n) is 8.36. The molecule has 0 aliphatic rings. The average molecular weight is 288 g/mol. The van der Waals surface area contributed by atoms with E-state index in [1.165, 1.54) is 0 Å². The molecule has 1 heterocycles. The molecule has 16 heavy (non-hydrogen) atoms. The molecule has 84 valence electrons. The van der Waals surface area contributed by atoms with Crippen molar-refractivity contribution in [2.24, 2.45) is 0 Å². The summed E-state index contributed by atoms with van der Waals surface area (Å²) >= 11 is 2.98. The number of rotatable bonds is 2. The van der Waals surface area contributed by atoms with Crippen molar-refractivity contribution < 1.29 is 8.78 Å². The summed E-state index contributed by atoms with van der Waals surface area (Å²) in [4.78, 5) is 0. The number of nitrogens with zero attached hydrogens (tertiary/aromatic N) is 3. The lowest BCUT2D eigenvalue weighted by atomic mass is 10.2. The van der Waals surface area contributed by atoms with Gasteiger partial charge in [-0.3, -0.25) is 0 Å². The van der Waals surface area contributed by atoms with Crippen molar-refractivity contribution in [1.82, 2.24) is 15.0 Å². The predicted molar refractivity (Wildman–Crippen MR) is 58.6 cm³/mol. The van der Waals surface area contributed by atoms with Gasteiger partial charge in [0.05, 0.1) is 5.69 Å². The average Bonchev–Trinajstić information content (AvgIpc) is 2.61. The minimum absolute atomic E-state index is 0.0591. The highest BCUT2D eigenvalue weighted by Gasteiger charge is 2.33. The summed E-state index contributed by atoms with van der Waals surface area (Å²) in [6, 6.07) is 8.69. The lowest BCUT2D eigenvalue weighted by Gasteiger charge is -2.12. The number of alkyl halides is 2. The Bertz CT molecular complexity index is 491. The second-order valence-electron chi connectivity index (χ2n) is 3.36. The van der Waals surface area contributed by atoms with Gasteiger partial charge in [0.1, 0.15) is 5.69 Å². The minimum Gasteiger partial charge on any atom is -0.210 e. The predicted octanol–water partition coefficient (Wildman–Crippen LogP) is 3.14. The molecule has 6 heteroatoms. The highest BCUT2D eigenvalue weighted by atomic mass is 79.9. The largest absolute Gasteiger partial charge is 0.289 e. The zero-order valence-corrected chi connectivity index (χ0v) is 9.95. The first-order chi connectivity index (χ1) is 7.50. The smallest absolute Gasteiger partial charge is 0.210 e. The Morgan fingerprint density at radius 3 is 2.44 bits per heavy atom. The fraction of sp³-hybridized carbons (Fsp3) is 0.200. The first kappa shape index (κ1) is 11.2. The van der Waals surface area contributed by atoms with Crippen LogP contribution in [0, 0.1) is 0 Å². The van der Waals surface area contributed by atoms with E-state index in [0.717, 1.165) is 11.6 Å². The van der Waals surface area contributed by atoms with Crippen LogP contribution >= 0.6 is 15.9 Å². The van der Waals surface area contributed by atoms with Crippen LogP contribution in [0.4, 0.5) is 8.78 Å². The van der Waals surface area contributed by atoms with Gasteiger partial charge in [0.15, 0.2) is 4.60 Å². The number of para-hydroxylation sites is 1. The van der Waals surface area contributed by atoms with E-state index in [4.69, 9.17) is 0 Å². The maximum absolute atomic E-state index is 13.4. The van der Waals surface area contributed by atoms with Gasteiger partial charge >= 0.3 is 0 Å². The van der Waals surface area contributed by atoms with Crippen molar-refractivity contribution in [3.05, 3.63) is 40.6 Å². The van der Waals surface area contributed by atoms with Crippen molar-refractivity contribution in [2.75, 3.05) is 0 Å². The van der Waals surface area contributed by atoms with E-state index in [0.29, 0.717) is 5.69 Å². The monoisotopic (exact) mass is 287 g/mol. The van der Waals surface area contributed by atoms with E-state index in [2.05, 4.69) is 26.2 Å². The summed E-state index contributed by atoms with van der Waals surface area (Å²) in [6.07, 6.45) is 0. The fourth-order valence-corrected chi connectivity index (χ4v) is 1.97. The minimum atomic E-state index is -3.00. The van der Waals surface area contributed by atoms with Gasteiger partial charge in [-0.2, -0.15) is 8.78 Å². The normalized spacial score (nSPS) is 11.8. The molecule has 0 unspecified atom stereocenters. The molecule has 0 aliphatic heterocycles. The standard InChI is InChI=1S/C10H8BrF2N3/c1-10(12,13)8-9(11)14-15-16(8)7-5-3-2-4-6-7/h2-6H,1H3.